The fourth-order valence-electron chi connectivity index (χ4n) is 0.809. The van der Waals surface area contributed by atoms with E-state index in [1.807, 2.05) is 13.8 Å². The van der Waals surface area contributed by atoms with Crippen LogP contribution in [0.4, 0.5) is 0 Å². The van der Waals surface area contributed by atoms with Crippen molar-refractivity contribution in [3.63, 3.8) is 0 Å². The molecule has 0 radical (unpaired) electrons. The van der Waals surface area contributed by atoms with Crippen LogP contribution in [0.15, 0.2) is 6.20 Å². The van der Waals surface area contributed by atoms with Gasteiger partial charge in [0, 0.05) is 6.04 Å². The van der Waals surface area contributed by atoms with Gasteiger partial charge in [0.15, 0.2) is 0 Å². The van der Waals surface area contributed by atoms with Crippen molar-refractivity contribution in [1.82, 2.24) is 15.0 Å². The summed E-state index contributed by atoms with van der Waals surface area (Å²) in [4.78, 5) is 0. The van der Waals surface area contributed by atoms with Crippen LogP contribution in [0.5, 0.6) is 0 Å². The van der Waals surface area contributed by atoms with E-state index in [-0.39, 0.29) is 11.7 Å². The minimum Gasteiger partial charge on any atom is -0.370 e. The molecule has 0 spiro atoms. The molecule has 0 saturated carbocycles. The molecule has 1 aromatic heterocycles. The maximum absolute atomic E-state index is 10.5. The first-order valence-electron chi connectivity index (χ1n) is 3.88. The van der Waals surface area contributed by atoms with Gasteiger partial charge in [0.05, 0.1) is 6.20 Å². The predicted molar refractivity (Wildman–Crippen MR) is 46.9 cm³/mol. The number of rotatable bonds is 3. The molecular weight excluding hydrogens is 210 g/mol. The van der Waals surface area contributed by atoms with E-state index in [4.69, 9.17) is 9.66 Å². The maximum atomic E-state index is 10.5. The maximum Gasteiger partial charge on any atom is 0.298 e. The molecule has 0 aliphatic carbocycles. The molecule has 0 aliphatic rings. The Balaban J connectivity index is 2.98. The summed E-state index contributed by atoms with van der Waals surface area (Å²) in [7, 11) is -4.53. The molecule has 1 atom stereocenters. The first-order valence-corrected chi connectivity index (χ1v) is 5.39. The first-order chi connectivity index (χ1) is 6.32. The molecule has 0 bridgehead atoms. The second-order valence-electron chi connectivity index (χ2n) is 3.08. The summed E-state index contributed by atoms with van der Waals surface area (Å²) < 4.78 is 31.0. The van der Waals surface area contributed by atoms with Gasteiger partial charge in [-0.3, -0.25) is 4.55 Å². The van der Waals surface area contributed by atoms with Crippen molar-refractivity contribution < 1.29 is 18.1 Å². The predicted octanol–water partition coefficient (Wildman–Crippen LogP) is -0.262. The van der Waals surface area contributed by atoms with Crippen LogP contribution in [0, 0.1) is 0 Å². The van der Waals surface area contributed by atoms with Gasteiger partial charge in [0.25, 0.3) is 10.1 Å². The second-order valence-corrected chi connectivity index (χ2v) is 4.56. The van der Waals surface area contributed by atoms with Crippen LogP contribution >= 0.6 is 0 Å². The highest BCUT2D eigenvalue weighted by atomic mass is 32.2. The van der Waals surface area contributed by atoms with E-state index in [1.165, 1.54) is 10.9 Å². The van der Waals surface area contributed by atoms with E-state index in [9.17, 15) is 8.42 Å². The Morgan fingerprint density at radius 1 is 1.50 bits per heavy atom. The molecule has 0 saturated heterocycles. The van der Waals surface area contributed by atoms with E-state index in [2.05, 4.69) is 10.3 Å². The molecule has 14 heavy (non-hydrogen) atoms. The second kappa shape index (κ2) is 3.64. The van der Waals surface area contributed by atoms with Crippen molar-refractivity contribution in [3.05, 3.63) is 11.9 Å². The van der Waals surface area contributed by atoms with Gasteiger partial charge in [-0.15, -0.1) is 5.10 Å². The Labute approximate surface area is 81.1 Å². The van der Waals surface area contributed by atoms with Crippen molar-refractivity contribution >= 4 is 10.1 Å². The smallest absolute Gasteiger partial charge is 0.298 e. The SMILES string of the molecule is CC(C)n1cc(C(O)S(=O)(=O)O)nn1. The highest BCUT2D eigenvalue weighted by Crippen LogP contribution is 2.15. The molecule has 0 fully saturated rings. The molecular formula is C6H11N3O4S. The van der Waals surface area contributed by atoms with Crippen molar-refractivity contribution in [1.29, 1.82) is 0 Å². The number of nitrogens with zero attached hydrogens (tertiary/aromatic N) is 3. The van der Waals surface area contributed by atoms with E-state index >= 15 is 0 Å². The number of hydrogen-bond acceptors (Lipinski definition) is 5. The molecule has 0 aliphatic heterocycles. The molecule has 1 unspecified atom stereocenters. The number of aliphatic hydroxyl groups excluding tert-OH is 1. The zero-order chi connectivity index (χ0) is 10.9. The van der Waals surface area contributed by atoms with Crippen LogP contribution in [0.2, 0.25) is 0 Å². The summed E-state index contributed by atoms with van der Waals surface area (Å²) in [6.07, 6.45) is 1.27. The van der Waals surface area contributed by atoms with Gasteiger partial charge in [-0.05, 0) is 13.8 Å². The molecule has 7 nitrogen and oxygen atoms in total. The fraction of sp³-hybridized carbons (Fsp3) is 0.667. The number of hydrogen-bond donors (Lipinski definition) is 2. The van der Waals surface area contributed by atoms with Gasteiger partial charge in [-0.25, -0.2) is 4.68 Å². The lowest BCUT2D eigenvalue weighted by molar-refractivity contribution is 0.234. The van der Waals surface area contributed by atoms with Gasteiger partial charge in [0.2, 0.25) is 5.44 Å². The van der Waals surface area contributed by atoms with E-state index in [0.29, 0.717) is 0 Å². The van der Waals surface area contributed by atoms with E-state index in [0.717, 1.165) is 0 Å². The Bertz CT molecular complexity index is 410. The van der Waals surface area contributed by atoms with Gasteiger partial charge in [-0.1, -0.05) is 5.21 Å². The lowest BCUT2D eigenvalue weighted by Gasteiger charge is -2.03. The Morgan fingerprint density at radius 2 is 2.07 bits per heavy atom. The molecule has 1 heterocycles. The number of aliphatic hydroxyl groups is 1. The molecule has 8 heteroatoms. The van der Waals surface area contributed by atoms with Crippen molar-refractivity contribution in [2.75, 3.05) is 0 Å². The topological polar surface area (TPSA) is 105 Å². The van der Waals surface area contributed by atoms with Crippen molar-refractivity contribution in [2.45, 2.75) is 25.3 Å². The third-order valence-electron chi connectivity index (χ3n) is 1.59. The Hall–Kier alpha value is -0.990. The van der Waals surface area contributed by atoms with E-state index < -0.39 is 15.6 Å². The molecule has 0 amide bonds. The number of aromatic nitrogens is 3. The van der Waals surface area contributed by atoms with Crippen LogP contribution < -0.4 is 0 Å². The zero-order valence-corrected chi connectivity index (χ0v) is 8.51. The standard InChI is InChI=1S/C6H11N3O4S/c1-4(2)9-3-5(7-8-9)6(10)14(11,12)13/h3-4,6,10H,1-2H3,(H,11,12,13). The highest BCUT2D eigenvalue weighted by molar-refractivity contribution is 7.85. The molecule has 80 valence electrons. The average Bonchev–Trinajstić information content (AvgIpc) is 2.48. The largest absolute Gasteiger partial charge is 0.370 e. The molecule has 2 N–H and O–H groups in total. The van der Waals surface area contributed by atoms with Crippen molar-refractivity contribution in [2.24, 2.45) is 0 Å². The highest BCUT2D eigenvalue weighted by Gasteiger charge is 2.25. The van der Waals surface area contributed by atoms with Gasteiger partial charge >= 0.3 is 0 Å². The lowest BCUT2D eigenvalue weighted by atomic mass is 10.4. The quantitative estimate of drug-likeness (QED) is 0.681. The Kier molecular flexibility index (Phi) is 2.88. The summed E-state index contributed by atoms with van der Waals surface area (Å²) in [6.45, 7) is 3.64. The van der Waals surface area contributed by atoms with Gasteiger partial charge in [-0.2, -0.15) is 8.42 Å². The monoisotopic (exact) mass is 221 g/mol. The van der Waals surface area contributed by atoms with Crippen LogP contribution in [0.25, 0.3) is 0 Å². The summed E-state index contributed by atoms with van der Waals surface area (Å²) in [5.74, 6) is 0. The normalized spacial score (nSPS) is 14.6. The van der Waals surface area contributed by atoms with Gasteiger partial charge in [0.1, 0.15) is 5.69 Å². The van der Waals surface area contributed by atoms with Gasteiger partial charge < -0.3 is 5.11 Å². The molecule has 1 rings (SSSR count). The van der Waals surface area contributed by atoms with Crippen LogP contribution in [-0.2, 0) is 10.1 Å². The van der Waals surface area contributed by atoms with E-state index in [1.54, 1.807) is 0 Å². The first kappa shape index (κ1) is 11.1. The summed E-state index contributed by atoms with van der Waals surface area (Å²) >= 11 is 0. The van der Waals surface area contributed by atoms with Crippen LogP contribution in [-0.4, -0.2) is 33.1 Å². The summed E-state index contributed by atoms with van der Waals surface area (Å²) in [5, 5.41) is 16.1. The minimum absolute atomic E-state index is 0.00449. The zero-order valence-electron chi connectivity index (χ0n) is 7.69. The summed E-state index contributed by atoms with van der Waals surface area (Å²) in [6, 6.07) is 0.00449. The third-order valence-corrected chi connectivity index (χ3v) is 2.40. The van der Waals surface area contributed by atoms with Crippen LogP contribution in [0.1, 0.15) is 31.0 Å². The lowest BCUT2D eigenvalue weighted by Crippen LogP contribution is -2.11. The fourth-order valence-corrected chi connectivity index (χ4v) is 1.22. The van der Waals surface area contributed by atoms with Crippen molar-refractivity contribution in [3.8, 4) is 0 Å². The average molecular weight is 221 g/mol. The molecule has 1 aromatic rings. The minimum atomic E-state index is -4.53. The third kappa shape index (κ3) is 2.28. The molecule has 0 aromatic carbocycles. The Morgan fingerprint density at radius 3 is 2.43 bits per heavy atom. The van der Waals surface area contributed by atoms with Crippen LogP contribution in [0.3, 0.4) is 0 Å². The summed E-state index contributed by atoms with van der Waals surface area (Å²) in [5.41, 5.74) is -2.23.